The molecule has 2 aromatic rings. The van der Waals surface area contributed by atoms with Crippen LogP contribution in [0.2, 0.25) is 0 Å². The van der Waals surface area contributed by atoms with Crippen LogP contribution >= 0.6 is 0 Å². The fourth-order valence-electron chi connectivity index (χ4n) is 4.67. The van der Waals surface area contributed by atoms with Crippen molar-refractivity contribution in [2.45, 2.75) is 50.5 Å². The molecule has 2 unspecified atom stereocenters. The Hall–Kier alpha value is -2.62. The predicted molar refractivity (Wildman–Crippen MR) is 117 cm³/mol. The first-order valence-corrected chi connectivity index (χ1v) is 11.2. The van der Waals surface area contributed by atoms with Gasteiger partial charge in [0.1, 0.15) is 5.82 Å². The molecule has 0 saturated carbocycles. The Morgan fingerprint density at radius 3 is 1.86 bits per heavy atom. The summed E-state index contributed by atoms with van der Waals surface area (Å²) in [6, 6.07) is 6.06. The molecule has 192 valence electrons. The Morgan fingerprint density at radius 1 is 0.914 bits per heavy atom. The van der Waals surface area contributed by atoms with Gasteiger partial charge in [0.2, 0.25) is 5.91 Å². The second-order valence-corrected chi connectivity index (χ2v) is 9.26. The molecule has 2 aromatic carbocycles. The maximum Gasteiger partial charge on any atom is 0.416 e. The Balaban J connectivity index is 1.91. The normalized spacial score (nSPS) is 18.7. The lowest BCUT2D eigenvalue weighted by atomic mass is 9.64. The Morgan fingerprint density at radius 2 is 1.40 bits per heavy atom. The summed E-state index contributed by atoms with van der Waals surface area (Å²) in [5.74, 6) is -1.60. The summed E-state index contributed by atoms with van der Waals surface area (Å²) in [6.45, 7) is 4.38. The van der Waals surface area contributed by atoms with Gasteiger partial charge in [-0.1, -0.05) is 19.1 Å². The minimum Gasteiger partial charge on any atom is -0.349 e. The summed E-state index contributed by atoms with van der Waals surface area (Å²) in [6.07, 6.45) is -8.79. The zero-order valence-electron chi connectivity index (χ0n) is 19.5. The summed E-state index contributed by atoms with van der Waals surface area (Å²) in [4.78, 5) is 15.4. The molecule has 0 spiro atoms. The predicted octanol–water partition coefficient (Wildman–Crippen LogP) is 6.34. The van der Waals surface area contributed by atoms with Gasteiger partial charge in [-0.3, -0.25) is 4.79 Å². The molecule has 1 heterocycles. The number of carbonyl (C=O) groups excluding carboxylic acids is 1. The highest BCUT2D eigenvalue weighted by molar-refractivity contribution is 5.80. The SMILES string of the molecule is CC(NC(=O)C(C)C1(c2ccc(F)cc2)CCN(C)CC1)c1cc(C(F)(F)F)cc(C(F)(F)F)c1. The molecule has 0 aliphatic carbocycles. The first kappa shape index (κ1) is 27.0. The monoisotopic (exact) mass is 504 g/mol. The van der Waals surface area contributed by atoms with Crippen LogP contribution in [0.25, 0.3) is 0 Å². The highest BCUT2D eigenvalue weighted by Crippen LogP contribution is 2.43. The van der Waals surface area contributed by atoms with Crippen molar-refractivity contribution in [3.8, 4) is 0 Å². The number of halogens is 7. The van der Waals surface area contributed by atoms with Crippen LogP contribution in [-0.4, -0.2) is 30.9 Å². The number of hydrogen-bond acceptors (Lipinski definition) is 2. The van der Waals surface area contributed by atoms with Crippen molar-refractivity contribution in [2.75, 3.05) is 20.1 Å². The van der Waals surface area contributed by atoms with E-state index in [1.54, 1.807) is 19.1 Å². The Kier molecular flexibility index (Phi) is 7.55. The van der Waals surface area contributed by atoms with Gasteiger partial charge in [0, 0.05) is 11.3 Å². The molecule has 0 radical (unpaired) electrons. The highest BCUT2D eigenvalue weighted by atomic mass is 19.4. The Labute approximate surface area is 199 Å². The van der Waals surface area contributed by atoms with Crippen molar-refractivity contribution in [1.29, 1.82) is 0 Å². The number of nitrogens with zero attached hydrogens (tertiary/aromatic N) is 1. The lowest BCUT2D eigenvalue weighted by Crippen LogP contribution is -2.50. The molecule has 1 aliphatic heterocycles. The average Bonchev–Trinajstić information content (AvgIpc) is 2.78. The average molecular weight is 504 g/mol. The van der Waals surface area contributed by atoms with E-state index < -0.39 is 52.6 Å². The molecule has 10 heteroatoms. The van der Waals surface area contributed by atoms with Gasteiger partial charge in [0.15, 0.2) is 0 Å². The van der Waals surface area contributed by atoms with Crippen molar-refractivity contribution in [3.05, 3.63) is 70.5 Å². The van der Waals surface area contributed by atoms with Gasteiger partial charge in [-0.15, -0.1) is 0 Å². The van der Waals surface area contributed by atoms with E-state index in [4.69, 9.17) is 0 Å². The quantitative estimate of drug-likeness (QED) is 0.482. The number of nitrogens with one attached hydrogen (secondary N) is 1. The minimum absolute atomic E-state index is 0.0583. The highest BCUT2D eigenvalue weighted by Gasteiger charge is 2.44. The number of benzene rings is 2. The number of rotatable bonds is 5. The maximum absolute atomic E-state index is 13.5. The Bertz CT molecular complexity index is 1010. The van der Waals surface area contributed by atoms with E-state index in [1.807, 2.05) is 7.05 Å². The van der Waals surface area contributed by atoms with Gasteiger partial charge in [-0.05, 0) is 81.4 Å². The molecule has 2 atom stereocenters. The van der Waals surface area contributed by atoms with Crippen LogP contribution in [0.1, 0.15) is 55.0 Å². The molecule has 1 N–H and O–H groups in total. The topological polar surface area (TPSA) is 32.3 Å². The lowest BCUT2D eigenvalue weighted by Gasteiger charge is -2.45. The molecule has 1 amide bonds. The van der Waals surface area contributed by atoms with Crippen LogP contribution in [-0.2, 0) is 22.6 Å². The summed E-state index contributed by atoms with van der Waals surface area (Å²) >= 11 is 0. The summed E-state index contributed by atoms with van der Waals surface area (Å²) < 4.78 is 93.0. The molecule has 0 bridgehead atoms. The van der Waals surface area contributed by atoms with Crippen LogP contribution in [0.5, 0.6) is 0 Å². The number of amides is 1. The largest absolute Gasteiger partial charge is 0.416 e. The van der Waals surface area contributed by atoms with Crippen LogP contribution in [0.15, 0.2) is 42.5 Å². The molecular formula is C25H27F7N2O. The van der Waals surface area contributed by atoms with Gasteiger partial charge < -0.3 is 10.2 Å². The molecule has 1 aliphatic rings. The molecule has 1 saturated heterocycles. The summed E-state index contributed by atoms with van der Waals surface area (Å²) in [5, 5.41) is 2.61. The number of likely N-dealkylation sites (tertiary alicyclic amines) is 1. The second kappa shape index (κ2) is 9.79. The first-order chi connectivity index (χ1) is 16.1. The molecule has 35 heavy (non-hydrogen) atoms. The number of carbonyl (C=O) groups is 1. The van der Waals surface area contributed by atoms with Gasteiger partial charge in [-0.2, -0.15) is 26.3 Å². The van der Waals surface area contributed by atoms with Crippen LogP contribution in [0, 0.1) is 11.7 Å². The van der Waals surface area contributed by atoms with Crippen molar-refractivity contribution in [2.24, 2.45) is 5.92 Å². The van der Waals surface area contributed by atoms with E-state index in [0.717, 1.165) is 5.56 Å². The van der Waals surface area contributed by atoms with Crippen molar-refractivity contribution in [1.82, 2.24) is 10.2 Å². The van der Waals surface area contributed by atoms with Gasteiger partial charge >= 0.3 is 12.4 Å². The standard InChI is InChI=1S/C25H27F7N2O/c1-15(23(8-10-34(3)11-9-23)18-4-6-21(26)7-5-18)22(35)33-16(2)17-12-19(24(27,28)29)14-20(13-17)25(30,31)32/h4-7,12-16H,8-11H2,1-3H3,(H,33,35). The van der Waals surface area contributed by atoms with Crippen LogP contribution < -0.4 is 5.32 Å². The first-order valence-electron chi connectivity index (χ1n) is 11.2. The number of piperidine rings is 1. The molecule has 0 aromatic heterocycles. The third-order valence-electron chi connectivity index (χ3n) is 6.99. The van der Waals surface area contributed by atoms with Crippen molar-refractivity contribution in [3.63, 3.8) is 0 Å². The van der Waals surface area contributed by atoms with Gasteiger partial charge in [-0.25, -0.2) is 4.39 Å². The van der Waals surface area contributed by atoms with E-state index in [2.05, 4.69) is 10.2 Å². The maximum atomic E-state index is 13.5. The van der Waals surface area contributed by atoms with Crippen molar-refractivity contribution < 1.29 is 35.5 Å². The number of hydrogen-bond donors (Lipinski definition) is 1. The van der Waals surface area contributed by atoms with E-state index in [0.29, 0.717) is 38.1 Å². The van der Waals surface area contributed by atoms with E-state index in [1.165, 1.54) is 19.1 Å². The van der Waals surface area contributed by atoms with Crippen LogP contribution in [0.4, 0.5) is 30.7 Å². The number of alkyl halides is 6. The smallest absolute Gasteiger partial charge is 0.349 e. The van der Waals surface area contributed by atoms with Gasteiger partial charge in [0.05, 0.1) is 17.2 Å². The van der Waals surface area contributed by atoms with Crippen molar-refractivity contribution >= 4 is 5.91 Å². The third-order valence-corrected chi connectivity index (χ3v) is 6.99. The second-order valence-electron chi connectivity index (χ2n) is 9.26. The summed E-state index contributed by atoms with van der Waals surface area (Å²) in [7, 11) is 1.94. The van der Waals surface area contributed by atoms with Gasteiger partial charge in [0.25, 0.3) is 0 Å². The minimum atomic E-state index is -4.98. The third kappa shape index (κ3) is 5.97. The fourth-order valence-corrected chi connectivity index (χ4v) is 4.67. The van der Waals surface area contributed by atoms with E-state index in [9.17, 15) is 35.5 Å². The van der Waals surface area contributed by atoms with Crippen LogP contribution in [0.3, 0.4) is 0 Å². The van der Waals surface area contributed by atoms with E-state index in [-0.39, 0.29) is 11.6 Å². The summed E-state index contributed by atoms with van der Waals surface area (Å²) in [5.41, 5.74) is -3.06. The fraction of sp³-hybridized carbons (Fsp3) is 0.480. The molecule has 3 nitrogen and oxygen atoms in total. The molecule has 1 fully saturated rings. The zero-order chi connectivity index (χ0) is 26.2. The van der Waals surface area contributed by atoms with E-state index >= 15 is 0 Å². The lowest BCUT2D eigenvalue weighted by molar-refractivity contribution is -0.143. The molecular weight excluding hydrogens is 477 g/mol. The molecule has 3 rings (SSSR count). The zero-order valence-corrected chi connectivity index (χ0v) is 19.5.